The molecule has 0 aliphatic rings. The number of alkyl halides is 3. The van der Waals surface area contributed by atoms with Gasteiger partial charge in [-0.1, -0.05) is 0 Å². The van der Waals surface area contributed by atoms with Gasteiger partial charge >= 0.3 is 6.18 Å². The molecule has 1 nitrogen and oxygen atoms in total. The summed E-state index contributed by atoms with van der Waals surface area (Å²) in [7, 11) is 0. The number of carbonyl (C=O) groups excluding carboxylic acids is 1. The Labute approximate surface area is 83.7 Å². The molecule has 5 heteroatoms. The summed E-state index contributed by atoms with van der Waals surface area (Å²) in [4.78, 5) is 11.1. The normalized spacial score (nSPS) is 11.5. The maximum Gasteiger partial charge on any atom is 0.396 e. The van der Waals surface area contributed by atoms with Gasteiger partial charge in [-0.25, -0.2) is 4.39 Å². The number of hydrogen-bond acceptors (Lipinski definition) is 1. The number of hydrogen-bond donors (Lipinski definition) is 0. The second-order valence-corrected chi connectivity index (χ2v) is 3.23. The molecule has 0 spiro atoms. The van der Waals surface area contributed by atoms with Gasteiger partial charge in [0.25, 0.3) is 0 Å². The molecule has 0 aliphatic heterocycles. The molecule has 0 N–H and O–H groups in total. The fourth-order valence-corrected chi connectivity index (χ4v) is 1.18. The van der Waals surface area contributed by atoms with Gasteiger partial charge in [-0.15, -0.1) is 0 Å². The van der Waals surface area contributed by atoms with E-state index in [4.69, 9.17) is 0 Å². The van der Waals surface area contributed by atoms with E-state index in [-0.39, 0.29) is 5.56 Å². The Kier molecular flexibility index (Phi) is 3.12. The largest absolute Gasteiger partial charge is 0.396 e. The van der Waals surface area contributed by atoms with E-state index in [0.717, 1.165) is 12.1 Å². The standard InChI is InChI=1S/C10H8F4O/c1-6-2-7(4-8(11)3-6)9(15)5-10(12,13)14/h2-4H,5H2,1H3. The predicted molar refractivity (Wildman–Crippen MR) is 46.1 cm³/mol. The molecule has 0 fully saturated rings. The zero-order chi connectivity index (χ0) is 11.6. The van der Waals surface area contributed by atoms with E-state index in [0.29, 0.717) is 5.56 Å². The quantitative estimate of drug-likeness (QED) is 0.552. The molecule has 82 valence electrons. The summed E-state index contributed by atoms with van der Waals surface area (Å²) in [5, 5.41) is 0. The maximum absolute atomic E-state index is 12.8. The van der Waals surface area contributed by atoms with Crippen molar-refractivity contribution in [3.8, 4) is 0 Å². The Morgan fingerprint density at radius 1 is 1.27 bits per heavy atom. The third-order valence-corrected chi connectivity index (χ3v) is 1.73. The Bertz CT molecular complexity index is 361. The summed E-state index contributed by atoms with van der Waals surface area (Å²) in [6, 6.07) is 3.18. The van der Waals surface area contributed by atoms with Crippen molar-refractivity contribution in [3.63, 3.8) is 0 Å². The fourth-order valence-electron chi connectivity index (χ4n) is 1.18. The first kappa shape index (κ1) is 11.7. The zero-order valence-electron chi connectivity index (χ0n) is 7.86. The summed E-state index contributed by atoms with van der Waals surface area (Å²) in [5.74, 6) is -1.83. The van der Waals surface area contributed by atoms with Crippen LogP contribution in [0.3, 0.4) is 0 Å². The molecular weight excluding hydrogens is 212 g/mol. The smallest absolute Gasteiger partial charge is 0.294 e. The van der Waals surface area contributed by atoms with Gasteiger partial charge < -0.3 is 0 Å². The highest BCUT2D eigenvalue weighted by Crippen LogP contribution is 2.22. The molecule has 1 rings (SSSR count). The molecule has 1 aromatic carbocycles. The van der Waals surface area contributed by atoms with Crippen LogP contribution in [0.1, 0.15) is 22.3 Å². The van der Waals surface area contributed by atoms with E-state index in [1.807, 2.05) is 0 Å². The van der Waals surface area contributed by atoms with Crippen LogP contribution < -0.4 is 0 Å². The first-order valence-electron chi connectivity index (χ1n) is 4.15. The number of aryl methyl sites for hydroxylation is 1. The van der Waals surface area contributed by atoms with Gasteiger partial charge in [-0.2, -0.15) is 13.2 Å². The van der Waals surface area contributed by atoms with Crippen LogP contribution >= 0.6 is 0 Å². The van der Waals surface area contributed by atoms with Crippen molar-refractivity contribution >= 4 is 5.78 Å². The third kappa shape index (κ3) is 3.69. The molecule has 15 heavy (non-hydrogen) atoms. The Morgan fingerprint density at radius 2 is 1.87 bits per heavy atom. The minimum Gasteiger partial charge on any atom is -0.294 e. The number of ketones is 1. The van der Waals surface area contributed by atoms with Crippen molar-refractivity contribution in [2.24, 2.45) is 0 Å². The number of carbonyl (C=O) groups is 1. The molecule has 0 aromatic heterocycles. The minimum atomic E-state index is -4.56. The van der Waals surface area contributed by atoms with Gasteiger partial charge in [0.2, 0.25) is 0 Å². The van der Waals surface area contributed by atoms with Gasteiger partial charge in [-0.05, 0) is 30.7 Å². The van der Waals surface area contributed by atoms with Crippen LogP contribution in [0.4, 0.5) is 17.6 Å². The lowest BCUT2D eigenvalue weighted by Crippen LogP contribution is -2.15. The lowest BCUT2D eigenvalue weighted by atomic mass is 10.1. The van der Waals surface area contributed by atoms with E-state index in [2.05, 4.69) is 0 Å². The van der Waals surface area contributed by atoms with Gasteiger partial charge in [0, 0.05) is 5.56 Å². The van der Waals surface area contributed by atoms with Crippen LogP contribution in [0, 0.1) is 12.7 Å². The lowest BCUT2D eigenvalue weighted by Gasteiger charge is -2.06. The van der Waals surface area contributed by atoms with E-state index in [1.54, 1.807) is 0 Å². The topological polar surface area (TPSA) is 17.1 Å². The summed E-state index contributed by atoms with van der Waals surface area (Å²) in [6.45, 7) is 1.51. The van der Waals surface area contributed by atoms with Crippen LogP contribution in [-0.4, -0.2) is 12.0 Å². The maximum atomic E-state index is 12.8. The fraction of sp³-hybridized carbons (Fsp3) is 0.300. The highest BCUT2D eigenvalue weighted by molar-refractivity contribution is 5.96. The summed E-state index contributed by atoms with van der Waals surface area (Å²) in [5.41, 5.74) is 0.172. The molecule has 0 unspecified atom stereocenters. The van der Waals surface area contributed by atoms with Crippen LogP contribution in [-0.2, 0) is 0 Å². The second kappa shape index (κ2) is 4.00. The van der Waals surface area contributed by atoms with Crippen LogP contribution in [0.25, 0.3) is 0 Å². The first-order valence-corrected chi connectivity index (χ1v) is 4.15. The van der Waals surface area contributed by atoms with E-state index >= 15 is 0 Å². The van der Waals surface area contributed by atoms with Crippen LogP contribution in [0.5, 0.6) is 0 Å². The first-order chi connectivity index (χ1) is 6.78. The second-order valence-electron chi connectivity index (χ2n) is 3.23. The number of halogens is 4. The summed E-state index contributed by atoms with van der Waals surface area (Å²) >= 11 is 0. The van der Waals surface area contributed by atoms with Crippen molar-refractivity contribution in [1.29, 1.82) is 0 Å². The highest BCUT2D eigenvalue weighted by Gasteiger charge is 2.31. The Balaban J connectivity index is 2.92. The zero-order valence-corrected chi connectivity index (χ0v) is 7.86. The third-order valence-electron chi connectivity index (χ3n) is 1.73. The molecule has 0 saturated heterocycles. The average molecular weight is 220 g/mol. The average Bonchev–Trinajstić information content (AvgIpc) is 1.98. The van der Waals surface area contributed by atoms with Crippen molar-refractivity contribution in [2.75, 3.05) is 0 Å². The number of Topliss-reactive ketones (excluding diaryl/α,β-unsaturated/α-hetero) is 1. The van der Waals surface area contributed by atoms with Crippen molar-refractivity contribution < 1.29 is 22.4 Å². The molecule has 0 amide bonds. The number of benzene rings is 1. The highest BCUT2D eigenvalue weighted by atomic mass is 19.4. The SMILES string of the molecule is Cc1cc(F)cc(C(=O)CC(F)(F)F)c1. The summed E-state index contributed by atoms with van der Waals surface area (Å²) < 4.78 is 48.4. The number of rotatable bonds is 2. The molecule has 0 bridgehead atoms. The molecule has 1 aromatic rings. The predicted octanol–water partition coefficient (Wildman–Crippen LogP) is 3.27. The van der Waals surface area contributed by atoms with Crippen molar-refractivity contribution in [1.82, 2.24) is 0 Å². The van der Waals surface area contributed by atoms with Crippen molar-refractivity contribution in [3.05, 3.63) is 35.1 Å². The Hall–Kier alpha value is -1.39. The van der Waals surface area contributed by atoms with Gasteiger partial charge in [0.1, 0.15) is 12.2 Å². The van der Waals surface area contributed by atoms with Crippen LogP contribution in [0.2, 0.25) is 0 Å². The minimum absolute atomic E-state index is 0.246. The van der Waals surface area contributed by atoms with E-state index in [9.17, 15) is 22.4 Å². The van der Waals surface area contributed by atoms with E-state index < -0.39 is 24.2 Å². The van der Waals surface area contributed by atoms with Gasteiger partial charge in [-0.3, -0.25) is 4.79 Å². The molecule has 0 aliphatic carbocycles. The van der Waals surface area contributed by atoms with Gasteiger partial charge in [0.05, 0.1) is 0 Å². The Morgan fingerprint density at radius 3 is 2.33 bits per heavy atom. The lowest BCUT2D eigenvalue weighted by molar-refractivity contribution is -0.125. The van der Waals surface area contributed by atoms with Crippen molar-refractivity contribution in [2.45, 2.75) is 19.5 Å². The molecule has 0 heterocycles. The molecule has 0 atom stereocenters. The molecule has 0 radical (unpaired) electrons. The molecular formula is C10H8F4O. The molecule has 0 saturated carbocycles. The van der Waals surface area contributed by atoms with E-state index in [1.165, 1.54) is 13.0 Å². The monoisotopic (exact) mass is 220 g/mol. The van der Waals surface area contributed by atoms with Gasteiger partial charge in [0.15, 0.2) is 5.78 Å². The van der Waals surface area contributed by atoms with Crippen LogP contribution in [0.15, 0.2) is 18.2 Å². The summed E-state index contributed by atoms with van der Waals surface area (Å²) in [6.07, 6.45) is -6.12.